The molecule has 2 amide bonds. The maximum absolute atomic E-state index is 13.2. The zero-order valence-corrected chi connectivity index (χ0v) is 14.8. The van der Waals surface area contributed by atoms with Crippen molar-refractivity contribution in [2.24, 2.45) is 0 Å². The van der Waals surface area contributed by atoms with Crippen molar-refractivity contribution in [2.75, 3.05) is 11.9 Å². The van der Waals surface area contributed by atoms with E-state index in [4.69, 9.17) is 0 Å². The Balaban J connectivity index is 1.35. The number of aryl methyl sites for hydroxylation is 2. The Morgan fingerprint density at radius 1 is 1.04 bits per heavy atom. The van der Waals surface area contributed by atoms with Crippen LogP contribution in [0.4, 0.5) is 14.9 Å². The fourth-order valence-electron chi connectivity index (χ4n) is 3.76. The number of fused-ring (bicyclic) bond motifs is 2. The number of rotatable bonds is 2. The Labute approximate surface area is 156 Å². The number of anilines is 1. The number of nitrogens with one attached hydrogen (secondary N) is 1. The highest BCUT2D eigenvalue weighted by Crippen LogP contribution is 2.28. The predicted molar refractivity (Wildman–Crippen MR) is 101 cm³/mol. The predicted octanol–water partition coefficient (Wildman–Crippen LogP) is 3.84. The molecule has 0 saturated heterocycles. The number of carbonyl (C=O) groups excluding carboxylic acids is 1. The molecule has 0 fully saturated rings. The van der Waals surface area contributed by atoms with E-state index >= 15 is 0 Å². The van der Waals surface area contributed by atoms with Crippen LogP contribution < -0.4 is 5.32 Å². The van der Waals surface area contributed by atoms with Crippen molar-refractivity contribution in [2.45, 2.75) is 25.9 Å². The third kappa shape index (κ3) is 2.87. The van der Waals surface area contributed by atoms with Crippen molar-refractivity contribution in [3.63, 3.8) is 0 Å². The average molecular weight is 362 g/mol. The summed E-state index contributed by atoms with van der Waals surface area (Å²) in [5, 5.41) is 7.44. The maximum atomic E-state index is 13.2. The topological polar surface area (TPSA) is 50.2 Å². The fraction of sp³-hybridized carbons (Fsp3) is 0.238. The first-order valence-corrected chi connectivity index (χ1v) is 9.16. The fourth-order valence-corrected chi connectivity index (χ4v) is 3.76. The van der Waals surface area contributed by atoms with Gasteiger partial charge in [0.25, 0.3) is 0 Å². The van der Waals surface area contributed by atoms with Gasteiger partial charge in [0.2, 0.25) is 0 Å². The van der Waals surface area contributed by atoms with Gasteiger partial charge in [-0.25, -0.2) is 9.18 Å². The number of aromatic nitrogens is 2. The summed E-state index contributed by atoms with van der Waals surface area (Å²) in [6.45, 7) is 1.73. The van der Waals surface area contributed by atoms with Gasteiger partial charge in [-0.3, -0.25) is 4.68 Å². The minimum atomic E-state index is -0.265. The van der Waals surface area contributed by atoms with Crippen molar-refractivity contribution in [3.05, 3.63) is 71.3 Å². The van der Waals surface area contributed by atoms with E-state index in [2.05, 4.69) is 22.5 Å². The van der Waals surface area contributed by atoms with E-state index in [1.165, 1.54) is 23.3 Å². The lowest BCUT2D eigenvalue weighted by atomic mass is 9.88. The van der Waals surface area contributed by atoms with E-state index in [1.54, 1.807) is 23.2 Å². The lowest BCUT2D eigenvalue weighted by Crippen LogP contribution is -2.41. The SMILES string of the molecule is O=C(Nc1ccc2c(c1)CC2)N1CCn2ncc(-c3ccc(F)cc3)c2C1. The molecule has 1 N–H and O–H groups in total. The highest BCUT2D eigenvalue weighted by atomic mass is 19.1. The molecular weight excluding hydrogens is 343 g/mol. The summed E-state index contributed by atoms with van der Waals surface area (Å²) in [4.78, 5) is 14.5. The Morgan fingerprint density at radius 2 is 1.85 bits per heavy atom. The maximum Gasteiger partial charge on any atom is 0.322 e. The first-order valence-electron chi connectivity index (χ1n) is 9.16. The lowest BCUT2D eigenvalue weighted by molar-refractivity contribution is 0.194. The molecule has 1 aromatic heterocycles. The molecule has 2 aliphatic rings. The highest BCUT2D eigenvalue weighted by Gasteiger charge is 2.25. The van der Waals surface area contributed by atoms with Gasteiger partial charge in [0.1, 0.15) is 5.82 Å². The summed E-state index contributed by atoms with van der Waals surface area (Å²) in [6, 6.07) is 12.4. The molecule has 3 aromatic rings. The van der Waals surface area contributed by atoms with Gasteiger partial charge in [-0.05, 0) is 53.8 Å². The van der Waals surface area contributed by atoms with E-state index < -0.39 is 0 Å². The third-order valence-corrected chi connectivity index (χ3v) is 5.43. The first kappa shape index (κ1) is 16.1. The molecule has 0 bridgehead atoms. The number of amides is 2. The minimum absolute atomic E-state index is 0.105. The molecular formula is C21H19FN4O. The Bertz CT molecular complexity index is 1030. The van der Waals surface area contributed by atoms with Crippen LogP contribution in [0.25, 0.3) is 11.1 Å². The summed E-state index contributed by atoms with van der Waals surface area (Å²) in [5.41, 5.74) is 6.36. The van der Waals surface area contributed by atoms with Crippen molar-refractivity contribution in [1.29, 1.82) is 0 Å². The quantitative estimate of drug-likeness (QED) is 0.753. The zero-order valence-electron chi connectivity index (χ0n) is 14.8. The average Bonchev–Trinajstić information content (AvgIpc) is 3.08. The number of benzene rings is 2. The second-order valence-electron chi connectivity index (χ2n) is 7.07. The standard InChI is InChI=1S/C21H19FN4O/c22-17-6-3-15(4-7-17)19-12-23-26-10-9-25(13-20(19)26)21(27)24-18-8-5-14-1-2-16(14)11-18/h3-8,11-12H,1-2,9-10,13H2,(H,24,27). The summed E-state index contributed by atoms with van der Waals surface area (Å²) >= 11 is 0. The van der Waals surface area contributed by atoms with Crippen LogP contribution in [0.3, 0.4) is 0 Å². The molecule has 27 heavy (non-hydrogen) atoms. The van der Waals surface area contributed by atoms with Gasteiger partial charge in [0.05, 0.1) is 25.0 Å². The summed E-state index contributed by atoms with van der Waals surface area (Å²) in [5.74, 6) is -0.265. The largest absolute Gasteiger partial charge is 0.322 e. The first-order chi connectivity index (χ1) is 13.2. The van der Waals surface area contributed by atoms with E-state index in [1.807, 2.05) is 10.7 Å². The van der Waals surface area contributed by atoms with Crippen LogP contribution >= 0.6 is 0 Å². The Morgan fingerprint density at radius 3 is 2.59 bits per heavy atom. The van der Waals surface area contributed by atoms with Gasteiger partial charge in [0, 0.05) is 17.8 Å². The van der Waals surface area contributed by atoms with E-state index in [0.717, 1.165) is 35.3 Å². The van der Waals surface area contributed by atoms with Gasteiger partial charge in [-0.2, -0.15) is 5.10 Å². The van der Waals surface area contributed by atoms with Crippen LogP contribution in [0, 0.1) is 5.82 Å². The normalized spacial score (nSPS) is 14.9. The van der Waals surface area contributed by atoms with Crippen LogP contribution in [-0.2, 0) is 25.9 Å². The number of hydrogen-bond acceptors (Lipinski definition) is 2. The third-order valence-electron chi connectivity index (χ3n) is 5.43. The van der Waals surface area contributed by atoms with Crippen molar-refractivity contribution in [3.8, 4) is 11.1 Å². The number of urea groups is 1. The van der Waals surface area contributed by atoms with Crippen LogP contribution in [0.5, 0.6) is 0 Å². The van der Waals surface area contributed by atoms with Crippen molar-refractivity contribution in [1.82, 2.24) is 14.7 Å². The molecule has 2 aromatic carbocycles. The molecule has 5 nitrogen and oxygen atoms in total. The smallest absolute Gasteiger partial charge is 0.317 e. The summed E-state index contributed by atoms with van der Waals surface area (Å²) in [7, 11) is 0. The molecule has 5 rings (SSSR count). The number of halogens is 1. The molecule has 0 atom stereocenters. The number of nitrogens with zero attached hydrogens (tertiary/aromatic N) is 3. The van der Waals surface area contributed by atoms with E-state index in [9.17, 15) is 9.18 Å². The Kier molecular flexibility index (Phi) is 3.70. The molecule has 0 saturated carbocycles. The zero-order chi connectivity index (χ0) is 18.4. The molecule has 1 aliphatic carbocycles. The summed E-state index contributed by atoms with van der Waals surface area (Å²) < 4.78 is 15.1. The van der Waals surface area contributed by atoms with Crippen LogP contribution in [0.15, 0.2) is 48.7 Å². The molecule has 0 unspecified atom stereocenters. The van der Waals surface area contributed by atoms with Crippen LogP contribution in [-0.4, -0.2) is 27.3 Å². The highest BCUT2D eigenvalue weighted by molar-refractivity contribution is 5.89. The Hall–Kier alpha value is -3.15. The molecule has 136 valence electrons. The van der Waals surface area contributed by atoms with E-state index in [-0.39, 0.29) is 11.8 Å². The van der Waals surface area contributed by atoms with Crippen molar-refractivity contribution >= 4 is 11.7 Å². The van der Waals surface area contributed by atoms with Gasteiger partial charge < -0.3 is 10.2 Å². The molecule has 2 heterocycles. The molecule has 0 radical (unpaired) electrons. The number of hydrogen-bond donors (Lipinski definition) is 1. The van der Waals surface area contributed by atoms with Crippen molar-refractivity contribution < 1.29 is 9.18 Å². The summed E-state index contributed by atoms with van der Waals surface area (Å²) in [6.07, 6.45) is 4.01. The lowest BCUT2D eigenvalue weighted by Gasteiger charge is -2.29. The van der Waals surface area contributed by atoms with E-state index in [0.29, 0.717) is 19.6 Å². The number of carbonyl (C=O) groups is 1. The second kappa shape index (κ2) is 6.23. The minimum Gasteiger partial charge on any atom is -0.317 e. The van der Waals surface area contributed by atoms with Crippen LogP contribution in [0.2, 0.25) is 0 Å². The molecule has 1 aliphatic heterocycles. The van der Waals surface area contributed by atoms with Gasteiger partial charge >= 0.3 is 6.03 Å². The monoisotopic (exact) mass is 362 g/mol. The van der Waals surface area contributed by atoms with Gasteiger partial charge in [-0.15, -0.1) is 0 Å². The van der Waals surface area contributed by atoms with Gasteiger partial charge in [-0.1, -0.05) is 18.2 Å². The van der Waals surface area contributed by atoms with Crippen LogP contribution in [0.1, 0.15) is 16.8 Å². The molecule has 0 spiro atoms. The van der Waals surface area contributed by atoms with Gasteiger partial charge in [0.15, 0.2) is 0 Å². The second-order valence-corrected chi connectivity index (χ2v) is 7.07. The molecule has 6 heteroatoms.